The molecule has 0 atom stereocenters. The van der Waals surface area contributed by atoms with E-state index in [0.29, 0.717) is 5.28 Å². The first-order chi connectivity index (χ1) is 7.74. The molecule has 0 aliphatic rings. The van der Waals surface area contributed by atoms with Crippen LogP contribution in [-0.2, 0) is 6.42 Å². The molecule has 0 amide bonds. The van der Waals surface area contributed by atoms with Gasteiger partial charge in [-0.1, -0.05) is 6.07 Å². The fraction of sp³-hybridized carbons (Fsp3) is 0.273. The van der Waals surface area contributed by atoms with Gasteiger partial charge in [-0.25, -0.2) is 9.97 Å². The molecule has 0 aromatic carbocycles. The Hall–Kier alpha value is -1.13. The number of anilines is 1. The number of aromatic nitrogens is 2. The number of thiophene rings is 1. The monoisotopic (exact) mass is 253 g/mol. The first-order valence-corrected chi connectivity index (χ1v) is 6.27. The second-order valence-corrected chi connectivity index (χ2v) is 4.79. The van der Waals surface area contributed by atoms with Crippen LogP contribution in [0.3, 0.4) is 0 Å². The zero-order valence-electron chi connectivity index (χ0n) is 8.90. The molecular formula is C11H12ClN3S. The number of halogens is 1. The van der Waals surface area contributed by atoms with Crippen LogP contribution in [-0.4, -0.2) is 16.5 Å². The Morgan fingerprint density at radius 3 is 3.00 bits per heavy atom. The van der Waals surface area contributed by atoms with Crippen molar-refractivity contribution in [3.05, 3.63) is 39.4 Å². The normalized spacial score (nSPS) is 10.4. The van der Waals surface area contributed by atoms with E-state index in [9.17, 15) is 0 Å². The highest BCUT2D eigenvalue weighted by molar-refractivity contribution is 7.09. The lowest BCUT2D eigenvalue weighted by molar-refractivity contribution is 1.01. The van der Waals surface area contributed by atoms with Crippen molar-refractivity contribution in [3.8, 4) is 0 Å². The Labute approximate surface area is 104 Å². The van der Waals surface area contributed by atoms with Gasteiger partial charge in [0, 0.05) is 23.2 Å². The van der Waals surface area contributed by atoms with Crippen LogP contribution in [0.4, 0.5) is 5.82 Å². The van der Waals surface area contributed by atoms with Gasteiger partial charge in [0.15, 0.2) is 0 Å². The third kappa shape index (κ3) is 3.18. The number of hydrogen-bond acceptors (Lipinski definition) is 4. The van der Waals surface area contributed by atoms with E-state index in [2.05, 4.69) is 32.8 Å². The standard InChI is InChI=1S/C11H12ClN3S/c1-8-7-10(15-11(12)14-8)13-5-4-9-3-2-6-16-9/h2-3,6-7H,4-5H2,1H3,(H,13,14,15). The van der Waals surface area contributed by atoms with Crippen molar-refractivity contribution in [2.24, 2.45) is 0 Å². The summed E-state index contributed by atoms with van der Waals surface area (Å²) >= 11 is 7.53. The topological polar surface area (TPSA) is 37.8 Å². The van der Waals surface area contributed by atoms with Gasteiger partial charge in [0.25, 0.3) is 0 Å². The minimum atomic E-state index is 0.290. The van der Waals surface area contributed by atoms with Crippen LogP contribution in [0.25, 0.3) is 0 Å². The quantitative estimate of drug-likeness (QED) is 0.851. The van der Waals surface area contributed by atoms with Crippen molar-refractivity contribution in [3.63, 3.8) is 0 Å². The second-order valence-electron chi connectivity index (χ2n) is 3.42. The van der Waals surface area contributed by atoms with E-state index in [1.807, 2.05) is 13.0 Å². The van der Waals surface area contributed by atoms with E-state index in [1.165, 1.54) is 4.88 Å². The Morgan fingerprint density at radius 1 is 1.44 bits per heavy atom. The van der Waals surface area contributed by atoms with Crippen molar-refractivity contribution >= 4 is 28.8 Å². The fourth-order valence-electron chi connectivity index (χ4n) is 1.39. The highest BCUT2D eigenvalue weighted by Gasteiger charge is 1.99. The first-order valence-electron chi connectivity index (χ1n) is 5.01. The van der Waals surface area contributed by atoms with Crippen molar-refractivity contribution in [2.45, 2.75) is 13.3 Å². The van der Waals surface area contributed by atoms with Crippen molar-refractivity contribution in [2.75, 3.05) is 11.9 Å². The third-order valence-electron chi connectivity index (χ3n) is 2.08. The predicted molar refractivity (Wildman–Crippen MR) is 68.3 cm³/mol. The lowest BCUT2D eigenvalue weighted by Crippen LogP contribution is -2.06. The summed E-state index contributed by atoms with van der Waals surface area (Å²) in [6, 6.07) is 6.08. The molecule has 0 bridgehead atoms. The maximum absolute atomic E-state index is 5.77. The maximum atomic E-state index is 5.77. The molecule has 0 spiro atoms. The van der Waals surface area contributed by atoms with E-state index in [-0.39, 0.29) is 0 Å². The van der Waals surface area contributed by atoms with Gasteiger partial charge in [-0.3, -0.25) is 0 Å². The molecule has 0 aliphatic heterocycles. The highest BCUT2D eigenvalue weighted by Crippen LogP contribution is 2.11. The van der Waals surface area contributed by atoms with E-state index < -0.39 is 0 Å². The zero-order chi connectivity index (χ0) is 11.4. The van der Waals surface area contributed by atoms with Crippen LogP contribution in [0, 0.1) is 6.92 Å². The summed E-state index contributed by atoms with van der Waals surface area (Å²) in [6.07, 6.45) is 0.998. The summed E-state index contributed by atoms with van der Waals surface area (Å²) in [4.78, 5) is 9.47. The molecule has 2 aromatic rings. The van der Waals surface area contributed by atoms with Gasteiger partial charge in [-0.05, 0) is 36.4 Å². The van der Waals surface area contributed by atoms with Gasteiger partial charge >= 0.3 is 0 Å². The van der Waals surface area contributed by atoms with Crippen molar-refractivity contribution in [1.82, 2.24) is 9.97 Å². The van der Waals surface area contributed by atoms with Crippen LogP contribution in [0.5, 0.6) is 0 Å². The van der Waals surface area contributed by atoms with Gasteiger partial charge < -0.3 is 5.32 Å². The van der Waals surface area contributed by atoms with Crippen LogP contribution >= 0.6 is 22.9 Å². The third-order valence-corrected chi connectivity index (χ3v) is 3.19. The number of aryl methyl sites for hydroxylation is 1. The average Bonchev–Trinajstić information content (AvgIpc) is 2.69. The summed E-state index contributed by atoms with van der Waals surface area (Å²) in [6.45, 7) is 2.76. The minimum absolute atomic E-state index is 0.290. The number of hydrogen-bond donors (Lipinski definition) is 1. The Kier molecular flexibility index (Phi) is 3.74. The van der Waals surface area contributed by atoms with Crippen LogP contribution < -0.4 is 5.32 Å². The molecule has 1 N–H and O–H groups in total. The van der Waals surface area contributed by atoms with Crippen molar-refractivity contribution in [1.29, 1.82) is 0 Å². The molecule has 2 aromatic heterocycles. The minimum Gasteiger partial charge on any atom is -0.370 e. The molecule has 0 fully saturated rings. The molecule has 5 heteroatoms. The summed E-state index contributed by atoms with van der Waals surface area (Å²) in [5.41, 5.74) is 0.874. The summed E-state index contributed by atoms with van der Waals surface area (Å²) < 4.78 is 0. The highest BCUT2D eigenvalue weighted by atomic mass is 35.5. The molecular weight excluding hydrogens is 242 g/mol. The SMILES string of the molecule is Cc1cc(NCCc2cccs2)nc(Cl)n1. The predicted octanol–water partition coefficient (Wildman–Crippen LogP) is 3.15. The van der Waals surface area contributed by atoms with Gasteiger partial charge in [0.2, 0.25) is 5.28 Å². The van der Waals surface area contributed by atoms with Crippen LogP contribution in [0.1, 0.15) is 10.6 Å². The molecule has 0 unspecified atom stereocenters. The molecule has 0 aliphatic carbocycles. The first kappa shape index (κ1) is 11.4. The van der Waals surface area contributed by atoms with Crippen LogP contribution in [0.2, 0.25) is 5.28 Å². The second kappa shape index (κ2) is 5.27. The largest absolute Gasteiger partial charge is 0.370 e. The lowest BCUT2D eigenvalue weighted by Gasteiger charge is -2.05. The van der Waals surface area contributed by atoms with Crippen molar-refractivity contribution < 1.29 is 0 Å². The number of nitrogens with one attached hydrogen (secondary N) is 1. The fourth-order valence-corrected chi connectivity index (χ4v) is 2.32. The molecule has 0 radical (unpaired) electrons. The zero-order valence-corrected chi connectivity index (χ0v) is 10.5. The van der Waals surface area contributed by atoms with Gasteiger partial charge in [-0.2, -0.15) is 0 Å². The molecule has 16 heavy (non-hydrogen) atoms. The Balaban J connectivity index is 1.89. The van der Waals surface area contributed by atoms with E-state index >= 15 is 0 Å². The van der Waals surface area contributed by atoms with Gasteiger partial charge in [0.05, 0.1) is 0 Å². The summed E-state index contributed by atoms with van der Waals surface area (Å²) in [5, 5.41) is 5.61. The van der Waals surface area contributed by atoms with E-state index in [4.69, 9.17) is 11.6 Å². The van der Waals surface area contributed by atoms with Gasteiger partial charge in [-0.15, -0.1) is 11.3 Å². The van der Waals surface area contributed by atoms with E-state index in [0.717, 1.165) is 24.5 Å². The molecule has 3 nitrogen and oxygen atoms in total. The lowest BCUT2D eigenvalue weighted by atomic mass is 10.3. The molecule has 0 saturated heterocycles. The average molecular weight is 254 g/mol. The summed E-state index contributed by atoms with van der Waals surface area (Å²) in [5.74, 6) is 0.786. The number of nitrogens with zero attached hydrogens (tertiary/aromatic N) is 2. The molecule has 84 valence electrons. The number of rotatable bonds is 4. The Bertz CT molecular complexity index is 436. The Morgan fingerprint density at radius 2 is 2.31 bits per heavy atom. The smallest absolute Gasteiger partial charge is 0.224 e. The van der Waals surface area contributed by atoms with Gasteiger partial charge in [0.1, 0.15) is 5.82 Å². The maximum Gasteiger partial charge on any atom is 0.224 e. The molecule has 0 saturated carbocycles. The molecule has 2 rings (SSSR count). The molecule has 2 heterocycles. The van der Waals surface area contributed by atoms with Crippen LogP contribution in [0.15, 0.2) is 23.6 Å². The van der Waals surface area contributed by atoms with E-state index in [1.54, 1.807) is 11.3 Å². The summed E-state index contributed by atoms with van der Waals surface area (Å²) in [7, 11) is 0.